The van der Waals surface area contributed by atoms with Gasteiger partial charge in [-0.25, -0.2) is 0 Å². The van der Waals surface area contributed by atoms with Crippen LogP contribution in [0.5, 0.6) is 5.75 Å². The van der Waals surface area contributed by atoms with Crippen molar-refractivity contribution in [3.63, 3.8) is 0 Å². The minimum atomic E-state index is -1.77. The molecule has 1 aromatic carbocycles. The van der Waals surface area contributed by atoms with E-state index in [0.29, 0.717) is 38.0 Å². The standard InChI is InChI=1S/C28H40N2O3.C19H34O7.C7H14O.2CH4O/c1-22-20-25(21-28(31)33-22)29(2)16-7-19-32-26-13-11-23(12-14-26)8-5-6-17-30-18-15-24-9-3-4-10-27(24)30;1-10-7-14(25-6)8-11(2)16(21)13(4)18(23)26-9-19(5,24)17(22)12(3)15(10)20;1-6-3-4-8-7(2)5-6;2*1-2/h3,5,8-9,11-14,22,25,28,31H,4,6-7,10,15-21H2,1-2H3;10-14,16-17,21-22,24H,7-9H2,1-6H3;6-7H,3-5H2,1-2H3;2*2H,1H3/b8-5-;;;;/t;10-,11-,12?,13?,14?,16+,17?,19-;;;/m.1.../s1. The highest BCUT2D eigenvalue weighted by molar-refractivity contribution is 5.83. The number of benzene rings is 1. The average molecular weight is 1010 g/mol. The van der Waals surface area contributed by atoms with Crippen LogP contribution in [0.3, 0.4) is 0 Å². The number of hydrogen-bond donors (Lipinski definition) is 6. The zero-order valence-electron chi connectivity index (χ0n) is 45.5. The molecular weight excluding hydrogens is 909 g/mol. The van der Waals surface area contributed by atoms with Crippen molar-refractivity contribution < 1.29 is 63.9 Å². The molecule has 0 aromatic heterocycles. The van der Waals surface area contributed by atoms with Gasteiger partial charge in [0.25, 0.3) is 0 Å². The molecule has 6 N–H and O–H groups in total. The molecule has 1 aliphatic carbocycles. The van der Waals surface area contributed by atoms with Gasteiger partial charge in [0, 0.05) is 77.6 Å². The van der Waals surface area contributed by atoms with Gasteiger partial charge in [-0.05, 0) is 134 Å². The second-order valence-corrected chi connectivity index (χ2v) is 20.5. The van der Waals surface area contributed by atoms with Crippen molar-refractivity contribution in [1.29, 1.82) is 0 Å². The van der Waals surface area contributed by atoms with Gasteiger partial charge in [0.1, 0.15) is 23.7 Å². The van der Waals surface area contributed by atoms with E-state index >= 15 is 0 Å². The summed E-state index contributed by atoms with van der Waals surface area (Å²) in [4.78, 5) is 29.8. The van der Waals surface area contributed by atoms with Crippen LogP contribution < -0.4 is 4.74 Å². The number of nitrogens with zero attached hydrogens (tertiary/aromatic N) is 2. The molecule has 0 amide bonds. The number of allylic oxidation sites excluding steroid dienone is 3. The Morgan fingerprint density at radius 2 is 1.58 bits per heavy atom. The van der Waals surface area contributed by atoms with Gasteiger partial charge in [-0.3, -0.25) is 9.59 Å². The number of aliphatic hydroxyl groups excluding tert-OH is 5. The summed E-state index contributed by atoms with van der Waals surface area (Å²) in [7, 11) is 5.67. The van der Waals surface area contributed by atoms with Crippen molar-refractivity contribution in [2.24, 2.45) is 29.6 Å². The van der Waals surface area contributed by atoms with Gasteiger partial charge in [0.2, 0.25) is 0 Å². The Balaban J connectivity index is 0.000000403. The lowest BCUT2D eigenvalue weighted by Crippen LogP contribution is -2.51. The summed E-state index contributed by atoms with van der Waals surface area (Å²) in [6, 6.07) is 8.76. The van der Waals surface area contributed by atoms with Gasteiger partial charge >= 0.3 is 5.97 Å². The molecule has 13 atom stereocenters. The lowest BCUT2D eigenvalue weighted by molar-refractivity contribution is -0.174. The number of carbonyl (C=O) groups excluding carboxylic acids is 2. The van der Waals surface area contributed by atoms with E-state index in [4.69, 9.17) is 33.9 Å². The first-order valence-electron chi connectivity index (χ1n) is 26.2. The molecular formula is C56H96N2O13. The van der Waals surface area contributed by atoms with E-state index in [-0.39, 0.29) is 29.8 Å². The average Bonchev–Trinajstić information content (AvgIpc) is 3.78. The quantitative estimate of drug-likeness (QED) is 0.0980. The fourth-order valence-electron chi connectivity index (χ4n) is 9.98. The molecule has 9 unspecified atom stereocenters. The second kappa shape index (κ2) is 33.6. The van der Waals surface area contributed by atoms with Crippen molar-refractivity contribution in [1.82, 2.24) is 9.80 Å². The summed E-state index contributed by atoms with van der Waals surface area (Å²) < 4.78 is 27.3. The van der Waals surface area contributed by atoms with E-state index in [9.17, 15) is 30.0 Å². The lowest BCUT2D eigenvalue weighted by Gasteiger charge is -2.36. The summed E-state index contributed by atoms with van der Waals surface area (Å²) in [6.45, 7) is 19.0. The Hall–Kier alpha value is -3.22. The number of hydrogen-bond acceptors (Lipinski definition) is 15. The van der Waals surface area contributed by atoms with Crippen LogP contribution in [0.4, 0.5) is 0 Å². The van der Waals surface area contributed by atoms with Crippen molar-refractivity contribution in [3.8, 4) is 5.75 Å². The molecule has 6 rings (SSSR count). The Kier molecular flexibility index (Phi) is 30.2. The number of cyclic esters (lactones) is 1. The Morgan fingerprint density at radius 3 is 2.20 bits per heavy atom. The van der Waals surface area contributed by atoms with Gasteiger partial charge in [-0.2, -0.15) is 0 Å². The van der Waals surface area contributed by atoms with E-state index < -0.39 is 48.5 Å². The number of carbonyl (C=O) groups is 2. The van der Waals surface area contributed by atoms with E-state index in [0.717, 1.165) is 64.8 Å². The number of rotatable bonds is 11. The minimum absolute atomic E-state index is 0.116. The third kappa shape index (κ3) is 22.0. The fourth-order valence-corrected chi connectivity index (χ4v) is 9.98. The van der Waals surface area contributed by atoms with Crippen LogP contribution in [0.15, 0.2) is 53.8 Å². The molecule has 0 spiro atoms. The van der Waals surface area contributed by atoms with E-state index in [1.165, 1.54) is 51.1 Å². The zero-order valence-corrected chi connectivity index (χ0v) is 45.5. The van der Waals surface area contributed by atoms with Gasteiger partial charge in [-0.1, -0.05) is 64.1 Å². The number of ether oxygens (including phenoxy) is 5. The molecule has 71 heavy (non-hydrogen) atoms. The number of Topliss-reactive ketones (excluding diaryl/α,β-unsaturated/α-hetero) is 1. The van der Waals surface area contributed by atoms with Crippen molar-refractivity contribution in [2.75, 3.05) is 67.8 Å². The van der Waals surface area contributed by atoms with Crippen LogP contribution in [0, 0.1) is 29.6 Å². The van der Waals surface area contributed by atoms with Crippen molar-refractivity contribution >= 4 is 17.8 Å². The molecule has 4 aliphatic heterocycles. The van der Waals surface area contributed by atoms with Crippen LogP contribution in [-0.4, -0.2) is 168 Å². The first kappa shape index (κ1) is 63.9. The van der Waals surface area contributed by atoms with E-state index in [1.54, 1.807) is 39.2 Å². The van der Waals surface area contributed by atoms with Gasteiger partial charge in [0.15, 0.2) is 6.29 Å². The topological polar surface area (TPSA) is 208 Å². The molecule has 15 nitrogen and oxygen atoms in total. The Bertz CT molecular complexity index is 1720. The van der Waals surface area contributed by atoms with Crippen LogP contribution >= 0.6 is 0 Å². The predicted molar refractivity (Wildman–Crippen MR) is 279 cm³/mol. The predicted octanol–water partition coefficient (Wildman–Crippen LogP) is 6.95. The Morgan fingerprint density at radius 1 is 0.887 bits per heavy atom. The number of esters is 1. The molecule has 0 radical (unpaired) electrons. The van der Waals surface area contributed by atoms with Crippen LogP contribution in [0.25, 0.3) is 6.08 Å². The van der Waals surface area contributed by atoms with Gasteiger partial charge in [-0.15, -0.1) is 0 Å². The van der Waals surface area contributed by atoms with Crippen LogP contribution in [0.2, 0.25) is 0 Å². The first-order valence-corrected chi connectivity index (χ1v) is 26.2. The summed E-state index contributed by atoms with van der Waals surface area (Å²) in [5, 5.41) is 55.2. The highest BCUT2D eigenvalue weighted by Gasteiger charge is 2.42. The first-order chi connectivity index (χ1) is 33.8. The maximum absolute atomic E-state index is 12.7. The normalized spacial score (nSPS) is 32.6. The molecule has 0 saturated carbocycles. The third-order valence-corrected chi connectivity index (χ3v) is 14.4. The van der Waals surface area contributed by atoms with Crippen LogP contribution in [0.1, 0.15) is 132 Å². The molecule has 5 aliphatic rings. The van der Waals surface area contributed by atoms with E-state index in [1.807, 2.05) is 13.8 Å². The van der Waals surface area contributed by atoms with Gasteiger partial charge in [0.05, 0.1) is 43.0 Å². The molecule has 4 heterocycles. The largest absolute Gasteiger partial charge is 0.494 e. The number of methoxy groups -OCH3 is 1. The van der Waals surface area contributed by atoms with Gasteiger partial charge < -0.3 is 64.1 Å². The summed E-state index contributed by atoms with van der Waals surface area (Å²) in [5.74, 6) is -1.26. The summed E-state index contributed by atoms with van der Waals surface area (Å²) in [6.07, 6.45) is 17.3. The van der Waals surface area contributed by atoms with Crippen LogP contribution in [-0.2, 0) is 28.5 Å². The summed E-state index contributed by atoms with van der Waals surface area (Å²) in [5.41, 5.74) is 2.59. The van der Waals surface area contributed by atoms with Crippen molar-refractivity contribution in [2.45, 2.75) is 174 Å². The third-order valence-electron chi connectivity index (χ3n) is 14.4. The smallest absolute Gasteiger partial charge is 0.311 e. The Labute approximate surface area is 427 Å². The molecule has 3 fully saturated rings. The van der Waals surface area contributed by atoms with Crippen molar-refractivity contribution in [3.05, 3.63) is 59.3 Å². The molecule has 15 heteroatoms. The maximum atomic E-state index is 12.7. The maximum Gasteiger partial charge on any atom is 0.311 e. The minimum Gasteiger partial charge on any atom is -0.494 e. The number of aliphatic hydroxyl groups is 6. The zero-order chi connectivity index (χ0) is 53.3. The fraction of sp³-hybridized carbons (Fsp3) is 0.750. The highest BCUT2D eigenvalue weighted by atomic mass is 16.6. The highest BCUT2D eigenvalue weighted by Crippen LogP contribution is 2.32. The molecule has 0 bridgehead atoms. The second-order valence-electron chi connectivity index (χ2n) is 20.5. The number of ketones is 1. The molecule has 408 valence electrons. The summed E-state index contributed by atoms with van der Waals surface area (Å²) >= 11 is 0. The lowest BCUT2D eigenvalue weighted by atomic mass is 9.80. The van der Waals surface area contributed by atoms with E-state index in [2.05, 4.69) is 79.3 Å². The molecule has 3 saturated heterocycles. The SMILES string of the molecule is CC1CC(N(C)CCCOc2ccc(/C=C\CCN3CCC4=C3CCC=C4)cc2)CC(O)O1.CC1CCOC(C)C1.CO.CO.COC1C[C@@H](C)C(=O)C(C)C(O)[C@](C)(O)COC(=O)C(C)[C@@H](O)[C@H](C)C1. The monoisotopic (exact) mass is 1000 g/mol. The molecule has 1 aromatic rings.